The number of piperazine rings is 1. The normalized spacial score (nSPS) is 17.5. The standard InChI is InChI=1S/C25H28FN3O4/c1-17(2)33-21-8-6-18(7-9-21)22-23(28-12-10-27(11-13-28)14-15-30)25(32)29(24(22)31)20-5-3-4-19(26)16-20/h3-9,16-17,30H,10-15H2,1-2H3. The van der Waals surface area contributed by atoms with Gasteiger partial charge in [0.2, 0.25) is 0 Å². The van der Waals surface area contributed by atoms with E-state index < -0.39 is 17.6 Å². The second-order valence-corrected chi connectivity index (χ2v) is 8.39. The highest BCUT2D eigenvalue weighted by Crippen LogP contribution is 2.36. The number of rotatable bonds is 7. The quantitative estimate of drug-likeness (QED) is 0.650. The molecular formula is C25H28FN3O4. The minimum Gasteiger partial charge on any atom is -0.491 e. The van der Waals surface area contributed by atoms with E-state index in [9.17, 15) is 19.1 Å². The number of aliphatic hydroxyl groups is 1. The van der Waals surface area contributed by atoms with Crippen LogP contribution in [-0.2, 0) is 9.59 Å². The summed E-state index contributed by atoms with van der Waals surface area (Å²) in [7, 11) is 0. The minimum atomic E-state index is -0.518. The number of hydrogen-bond donors (Lipinski definition) is 1. The van der Waals surface area contributed by atoms with E-state index in [1.165, 1.54) is 18.2 Å². The van der Waals surface area contributed by atoms with Gasteiger partial charge in [0.1, 0.15) is 17.3 Å². The van der Waals surface area contributed by atoms with E-state index in [1.54, 1.807) is 30.3 Å². The molecule has 2 amide bonds. The number of hydrogen-bond acceptors (Lipinski definition) is 6. The SMILES string of the molecule is CC(C)Oc1ccc(C2=C(N3CCN(CCO)CC3)C(=O)N(c3cccc(F)c3)C2=O)cc1. The fourth-order valence-electron chi connectivity index (χ4n) is 4.23. The third-order valence-corrected chi connectivity index (χ3v) is 5.75. The van der Waals surface area contributed by atoms with Crippen LogP contribution in [0.3, 0.4) is 0 Å². The van der Waals surface area contributed by atoms with Gasteiger partial charge in [-0.2, -0.15) is 0 Å². The van der Waals surface area contributed by atoms with Crippen LogP contribution >= 0.6 is 0 Å². The summed E-state index contributed by atoms with van der Waals surface area (Å²) in [5.74, 6) is -0.780. The lowest BCUT2D eigenvalue weighted by atomic mass is 10.0. The second kappa shape index (κ2) is 9.72. The molecule has 2 aliphatic rings. The summed E-state index contributed by atoms with van der Waals surface area (Å²) in [6, 6.07) is 12.6. The summed E-state index contributed by atoms with van der Waals surface area (Å²) in [6.07, 6.45) is 0.0130. The first kappa shape index (κ1) is 22.9. The lowest BCUT2D eigenvalue weighted by Gasteiger charge is -2.36. The zero-order valence-corrected chi connectivity index (χ0v) is 18.8. The van der Waals surface area contributed by atoms with Gasteiger partial charge in [-0.05, 0) is 49.7 Å². The van der Waals surface area contributed by atoms with Crippen molar-refractivity contribution in [3.8, 4) is 5.75 Å². The Labute approximate surface area is 192 Å². The van der Waals surface area contributed by atoms with Crippen molar-refractivity contribution in [2.24, 2.45) is 0 Å². The van der Waals surface area contributed by atoms with E-state index in [4.69, 9.17) is 4.74 Å². The van der Waals surface area contributed by atoms with Crippen molar-refractivity contribution in [1.82, 2.24) is 9.80 Å². The molecule has 0 aromatic heterocycles. The maximum atomic E-state index is 13.9. The van der Waals surface area contributed by atoms with Gasteiger partial charge in [0.25, 0.3) is 11.8 Å². The number of benzene rings is 2. The van der Waals surface area contributed by atoms with Crippen LogP contribution in [0.5, 0.6) is 5.75 Å². The van der Waals surface area contributed by atoms with Crippen molar-refractivity contribution in [3.63, 3.8) is 0 Å². The van der Waals surface area contributed by atoms with Crippen LogP contribution < -0.4 is 9.64 Å². The third kappa shape index (κ3) is 4.77. The van der Waals surface area contributed by atoms with Crippen LogP contribution in [0.4, 0.5) is 10.1 Å². The Kier molecular flexibility index (Phi) is 6.76. The largest absolute Gasteiger partial charge is 0.491 e. The van der Waals surface area contributed by atoms with Gasteiger partial charge in [-0.1, -0.05) is 18.2 Å². The van der Waals surface area contributed by atoms with Gasteiger partial charge in [0.05, 0.1) is 24.0 Å². The predicted molar refractivity (Wildman–Crippen MR) is 123 cm³/mol. The van der Waals surface area contributed by atoms with E-state index in [1.807, 2.05) is 18.7 Å². The Hall–Kier alpha value is -3.23. The van der Waals surface area contributed by atoms with Crippen LogP contribution in [-0.4, -0.2) is 72.2 Å². The molecule has 33 heavy (non-hydrogen) atoms. The molecule has 174 valence electrons. The first-order valence-corrected chi connectivity index (χ1v) is 11.1. The molecule has 1 N–H and O–H groups in total. The number of anilines is 1. The van der Waals surface area contributed by atoms with Gasteiger partial charge < -0.3 is 14.7 Å². The van der Waals surface area contributed by atoms with Crippen molar-refractivity contribution < 1.29 is 23.8 Å². The van der Waals surface area contributed by atoms with Crippen LogP contribution in [0, 0.1) is 5.82 Å². The van der Waals surface area contributed by atoms with Gasteiger partial charge >= 0.3 is 0 Å². The Balaban J connectivity index is 1.72. The second-order valence-electron chi connectivity index (χ2n) is 8.39. The van der Waals surface area contributed by atoms with Crippen molar-refractivity contribution in [3.05, 3.63) is 65.6 Å². The maximum absolute atomic E-state index is 13.9. The molecule has 4 rings (SSSR count). The highest BCUT2D eigenvalue weighted by atomic mass is 19.1. The molecule has 2 aromatic rings. The van der Waals surface area contributed by atoms with Gasteiger partial charge in [-0.25, -0.2) is 9.29 Å². The summed E-state index contributed by atoms with van der Waals surface area (Å²) < 4.78 is 19.6. The van der Waals surface area contributed by atoms with Gasteiger partial charge in [0.15, 0.2) is 0 Å². The molecule has 0 bridgehead atoms. The van der Waals surface area contributed by atoms with E-state index >= 15 is 0 Å². The van der Waals surface area contributed by atoms with Crippen molar-refractivity contribution in [1.29, 1.82) is 0 Å². The number of aliphatic hydroxyl groups excluding tert-OH is 1. The summed E-state index contributed by atoms with van der Waals surface area (Å²) in [4.78, 5) is 32.1. The molecule has 2 aliphatic heterocycles. The van der Waals surface area contributed by atoms with Crippen molar-refractivity contribution >= 4 is 23.1 Å². The number of halogens is 1. The molecule has 0 atom stereocenters. The van der Waals surface area contributed by atoms with Gasteiger partial charge in [-0.3, -0.25) is 14.5 Å². The Morgan fingerprint density at radius 3 is 2.30 bits per heavy atom. The fourth-order valence-corrected chi connectivity index (χ4v) is 4.23. The molecule has 2 heterocycles. The van der Waals surface area contributed by atoms with E-state index in [0.717, 1.165) is 4.90 Å². The Morgan fingerprint density at radius 2 is 1.70 bits per heavy atom. The van der Waals surface area contributed by atoms with Gasteiger partial charge in [-0.15, -0.1) is 0 Å². The molecular weight excluding hydrogens is 425 g/mol. The number of imide groups is 1. The zero-order chi connectivity index (χ0) is 23.5. The van der Waals surface area contributed by atoms with Crippen LogP contribution in [0.25, 0.3) is 5.57 Å². The number of carbonyl (C=O) groups is 2. The number of amides is 2. The van der Waals surface area contributed by atoms with Crippen LogP contribution in [0.2, 0.25) is 0 Å². The van der Waals surface area contributed by atoms with Crippen molar-refractivity contribution in [2.75, 3.05) is 44.2 Å². The maximum Gasteiger partial charge on any atom is 0.282 e. The molecule has 0 radical (unpaired) electrons. The molecule has 0 saturated carbocycles. The Morgan fingerprint density at radius 1 is 1.00 bits per heavy atom. The van der Waals surface area contributed by atoms with Crippen LogP contribution in [0.15, 0.2) is 54.2 Å². The lowest BCUT2D eigenvalue weighted by Crippen LogP contribution is -2.48. The topological polar surface area (TPSA) is 73.3 Å². The monoisotopic (exact) mass is 453 g/mol. The molecule has 0 spiro atoms. The van der Waals surface area contributed by atoms with Crippen LogP contribution in [0.1, 0.15) is 19.4 Å². The third-order valence-electron chi connectivity index (χ3n) is 5.75. The Bertz CT molecular complexity index is 1060. The number of nitrogens with zero attached hydrogens (tertiary/aromatic N) is 3. The lowest BCUT2D eigenvalue weighted by molar-refractivity contribution is -0.120. The van der Waals surface area contributed by atoms with Crippen molar-refractivity contribution in [2.45, 2.75) is 20.0 Å². The average Bonchev–Trinajstić information content (AvgIpc) is 3.05. The molecule has 0 aliphatic carbocycles. The van der Waals surface area contributed by atoms with E-state index in [0.29, 0.717) is 55.3 Å². The first-order chi connectivity index (χ1) is 15.9. The van der Waals surface area contributed by atoms with E-state index in [2.05, 4.69) is 4.90 Å². The number of β-amino-alcohol motifs (C(OH)–C–C–N with tert-alkyl or cyclic N) is 1. The zero-order valence-electron chi connectivity index (χ0n) is 18.8. The smallest absolute Gasteiger partial charge is 0.282 e. The molecule has 2 aromatic carbocycles. The summed E-state index contributed by atoms with van der Waals surface area (Å²) in [5, 5.41) is 9.21. The predicted octanol–water partition coefficient (Wildman–Crippen LogP) is 2.51. The molecule has 0 unspecified atom stereocenters. The fraction of sp³-hybridized carbons (Fsp3) is 0.360. The average molecular weight is 454 g/mol. The minimum absolute atomic E-state index is 0.0130. The molecule has 1 saturated heterocycles. The first-order valence-electron chi connectivity index (χ1n) is 11.1. The molecule has 1 fully saturated rings. The van der Waals surface area contributed by atoms with E-state index in [-0.39, 0.29) is 18.4 Å². The summed E-state index contributed by atoms with van der Waals surface area (Å²) in [6.45, 7) is 6.93. The summed E-state index contributed by atoms with van der Waals surface area (Å²) in [5.41, 5.74) is 1.44. The summed E-state index contributed by atoms with van der Waals surface area (Å²) >= 11 is 0. The molecule has 8 heteroatoms. The highest BCUT2D eigenvalue weighted by Gasteiger charge is 2.43. The number of carbonyl (C=O) groups excluding carboxylic acids is 2. The number of ether oxygens (including phenoxy) is 1. The van der Waals surface area contributed by atoms with Gasteiger partial charge in [0, 0.05) is 32.7 Å². The molecule has 7 nitrogen and oxygen atoms in total. The highest BCUT2D eigenvalue weighted by molar-refractivity contribution is 6.45.